The molecule has 4 N–H and O–H groups in total. The Kier molecular flexibility index (Phi) is 14.0. The molecule has 44 heavy (non-hydrogen) atoms. The zero-order valence-corrected chi connectivity index (χ0v) is 29.0. The van der Waals surface area contributed by atoms with E-state index < -0.39 is 24.7 Å². The van der Waals surface area contributed by atoms with E-state index >= 15 is 0 Å². The van der Waals surface area contributed by atoms with Crippen LogP contribution in [0.1, 0.15) is 108 Å². The van der Waals surface area contributed by atoms with Gasteiger partial charge in [0, 0.05) is 12.5 Å². The van der Waals surface area contributed by atoms with Gasteiger partial charge in [0.05, 0.1) is 24.7 Å². The monoisotopic (exact) mass is 622 g/mol. The Balaban J connectivity index is 0.000000477. The molecule has 0 aromatic heterocycles. The zero-order valence-electron chi connectivity index (χ0n) is 29.0. The molecule has 1 heterocycles. The molecule has 4 aliphatic rings. The van der Waals surface area contributed by atoms with Gasteiger partial charge in [0.2, 0.25) is 17.7 Å². The molecule has 0 aromatic rings. The average Bonchev–Trinajstić information content (AvgIpc) is 3.35. The van der Waals surface area contributed by atoms with E-state index in [1.54, 1.807) is 20.8 Å². The second-order valence-electron chi connectivity index (χ2n) is 14.9. The second kappa shape index (κ2) is 16.3. The van der Waals surface area contributed by atoms with E-state index in [0.717, 1.165) is 25.7 Å². The summed E-state index contributed by atoms with van der Waals surface area (Å²) in [6.45, 7) is 22.1. The molecular weight excluding hydrogens is 563 g/mol. The van der Waals surface area contributed by atoms with Crippen molar-refractivity contribution in [1.82, 2.24) is 21.3 Å². The minimum absolute atomic E-state index is 0.0942. The zero-order chi connectivity index (χ0) is 33.4. The predicted molar refractivity (Wildman–Crippen MR) is 171 cm³/mol. The van der Waals surface area contributed by atoms with Gasteiger partial charge in [0.25, 0.3) is 0 Å². The van der Waals surface area contributed by atoms with Crippen molar-refractivity contribution < 1.29 is 33.2 Å². The summed E-state index contributed by atoms with van der Waals surface area (Å²) in [5, 5.41) is 10.9. The number of carbonyl (C=O) groups excluding carboxylic acids is 4. The van der Waals surface area contributed by atoms with Crippen molar-refractivity contribution in [2.24, 2.45) is 29.1 Å². The molecule has 4 fully saturated rings. The number of alkyl carbamates (subject to hydrolysis) is 1. The molecule has 11 nitrogen and oxygen atoms in total. The van der Waals surface area contributed by atoms with E-state index in [2.05, 4.69) is 55.9 Å². The molecule has 12 heteroatoms. The molecule has 2 bridgehead atoms. The number of ether oxygens (including phenoxy) is 1. The van der Waals surface area contributed by atoms with E-state index in [1.165, 1.54) is 6.42 Å². The van der Waals surface area contributed by atoms with Crippen molar-refractivity contribution in [1.29, 1.82) is 0 Å². The maximum Gasteiger partial charge on any atom is 0.481 e. The summed E-state index contributed by atoms with van der Waals surface area (Å²) < 4.78 is 17.7. The molecule has 3 aliphatic carbocycles. The van der Waals surface area contributed by atoms with Crippen LogP contribution in [0, 0.1) is 29.1 Å². The van der Waals surface area contributed by atoms with Gasteiger partial charge in [-0.25, -0.2) is 4.79 Å². The first-order valence-electron chi connectivity index (χ1n) is 16.5. The van der Waals surface area contributed by atoms with Crippen molar-refractivity contribution in [2.45, 2.75) is 138 Å². The summed E-state index contributed by atoms with van der Waals surface area (Å²) in [6, 6.07) is -0.705. The lowest BCUT2D eigenvalue weighted by Gasteiger charge is -2.60. The molecule has 252 valence electrons. The Labute approximate surface area is 265 Å². The molecule has 0 spiro atoms. The van der Waals surface area contributed by atoms with Gasteiger partial charge < -0.3 is 35.3 Å². The van der Waals surface area contributed by atoms with Gasteiger partial charge in [0.15, 0.2) is 0 Å². The predicted octanol–water partition coefficient (Wildman–Crippen LogP) is 3.98. The first kappa shape index (κ1) is 37.9. The van der Waals surface area contributed by atoms with Crippen LogP contribution < -0.4 is 21.3 Å². The summed E-state index contributed by atoms with van der Waals surface area (Å²) in [7, 11) is -0.466. The van der Waals surface area contributed by atoms with Gasteiger partial charge in [-0.3, -0.25) is 14.4 Å². The number of unbranched alkanes of at least 4 members (excludes halogenated alkanes) is 1. The molecule has 4 rings (SSSR count). The Morgan fingerprint density at radius 1 is 0.955 bits per heavy atom. The number of rotatable bonds is 12. The standard InChI is InChI=1S/C23H40BN3O5.C9H19NO2/c1-12(2)8-18(24-31-17-10-15-9-16(20(17)32-24)23(15,6)7)27-19(28)11-25-22(30)14(5)26-21(29)13(3)4;1-5-6-7-10-8(11)12-9(2,3)4/h12-18,20H,8-11H2,1-7H3,(H,25,30)(H,26,29)(H,27,28);5-7H2,1-4H3,(H,10,11). The van der Waals surface area contributed by atoms with Crippen LogP contribution in [0.3, 0.4) is 0 Å². The normalized spacial score (nSPS) is 24.6. The average molecular weight is 623 g/mol. The molecule has 1 aliphatic heterocycles. The van der Waals surface area contributed by atoms with Crippen LogP contribution in [0.25, 0.3) is 0 Å². The van der Waals surface area contributed by atoms with Crippen LogP contribution >= 0.6 is 0 Å². The van der Waals surface area contributed by atoms with Crippen LogP contribution in [-0.2, 0) is 28.4 Å². The molecule has 6 unspecified atom stereocenters. The Morgan fingerprint density at radius 3 is 2.16 bits per heavy atom. The van der Waals surface area contributed by atoms with Crippen molar-refractivity contribution in [3.63, 3.8) is 0 Å². The van der Waals surface area contributed by atoms with E-state index in [-0.39, 0.29) is 48.5 Å². The van der Waals surface area contributed by atoms with E-state index in [0.29, 0.717) is 29.7 Å². The Morgan fingerprint density at radius 2 is 1.61 bits per heavy atom. The van der Waals surface area contributed by atoms with Crippen molar-refractivity contribution in [3.05, 3.63) is 0 Å². The molecule has 6 atom stereocenters. The number of amides is 4. The smallest absolute Gasteiger partial charge is 0.444 e. The highest BCUT2D eigenvalue weighted by molar-refractivity contribution is 6.47. The summed E-state index contributed by atoms with van der Waals surface area (Å²) in [4.78, 5) is 47.6. The number of hydrogen-bond donors (Lipinski definition) is 4. The maximum atomic E-state index is 12.6. The van der Waals surface area contributed by atoms with Crippen LogP contribution in [0.4, 0.5) is 4.79 Å². The lowest BCUT2D eigenvalue weighted by atomic mass is 9.47. The van der Waals surface area contributed by atoms with E-state index in [9.17, 15) is 19.2 Å². The summed E-state index contributed by atoms with van der Waals surface area (Å²) >= 11 is 0. The van der Waals surface area contributed by atoms with Crippen molar-refractivity contribution >= 4 is 30.9 Å². The first-order chi connectivity index (χ1) is 20.3. The van der Waals surface area contributed by atoms with Crippen LogP contribution in [0.2, 0.25) is 0 Å². The number of hydrogen-bond acceptors (Lipinski definition) is 7. The van der Waals surface area contributed by atoms with Gasteiger partial charge >= 0.3 is 13.2 Å². The quantitative estimate of drug-likeness (QED) is 0.190. The third-order valence-corrected chi connectivity index (χ3v) is 8.72. The number of nitrogens with one attached hydrogen (secondary N) is 4. The highest BCUT2D eigenvalue weighted by Gasteiger charge is 2.62. The SMILES string of the molecule is CC(C)CC(NC(=O)CNC(=O)C(C)NC(=O)C(C)C)B1OC2CC3CC(C2O1)C3(C)C.CCCCNC(=O)OC(C)(C)C. The second-order valence-corrected chi connectivity index (χ2v) is 14.9. The molecule has 0 aromatic carbocycles. The van der Waals surface area contributed by atoms with E-state index in [4.69, 9.17) is 14.0 Å². The van der Waals surface area contributed by atoms with Crippen LogP contribution in [0.15, 0.2) is 0 Å². The fourth-order valence-corrected chi connectivity index (χ4v) is 6.00. The van der Waals surface area contributed by atoms with Gasteiger partial charge in [-0.1, -0.05) is 54.9 Å². The van der Waals surface area contributed by atoms with Crippen molar-refractivity contribution in [3.8, 4) is 0 Å². The van der Waals surface area contributed by atoms with Gasteiger partial charge in [-0.2, -0.15) is 0 Å². The third-order valence-electron chi connectivity index (χ3n) is 8.72. The minimum Gasteiger partial charge on any atom is -0.444 e. The summed E-state index contributed by atoms with van der Waals surface area (Å²) in [5.41, 5.74) is -0.0987. The first-order valence-corrected chi connectivity index (χ1v) is 16.5. The molecule has 0 radical (unpaired) electrons. The summed E-state index contributed by atoms with van der Waals surface area (Å²) in [5.74, 6) is 0.166. The topological polar surface area (TPSA) is 144 Å². The Bertz CT molecular complexity index is 984. The van der Waals surface area contributed by atoms with Gasteiger partial charge in [-0.15, -0.1) is 0 Å². The Hall–Kier alpha value is -2.34. The summed E-state index contributed by atoms with van der Waals surface area (Å²) in [6.07, 6.45) is 4.89. The van der Waals surface area contributed by atoms with Gasteiger partial charge in [0.1, 0.15) is 11.6 Å². The van der Waals surface area contributed by atoms with Crippen LogP contribution in [0.5, 0.6) is 0 Å². The molecule has 1 saturated heterocycles. The molecular formula is C32H59BN4O7. The molecule has 3 saturated carbocycles. The third kappa shape index (κ3) is 11.2. The van der Waals surface area contributed by atoms with Gasteiger partial charge in [-0.05, 0) is 76.5 Å². The van der Waals surface area contributed by atoms with Crippen LogP contribution in [-0.4, -0.2) is 73.8 Å². The maximum absolute atomic E-state index is 12.6. The molecule has 4 amide bonds. The highest BCUT2D eigenvalue weighted by atomic mass is 16.7. The largest absolute Gasteiger partial charge is 0.481 e. The minimum atomic E-state index is -0.705. The fourth-order valence-electron chi connectivity index (χ4n) is 6.00. The highest BCUT2D eigenvalue weighted by Crippen LogP contribution is 2.61. The van der Waals surface area contributed by atoms with E-state index in [1.807, 2.05) is 20.8 Å². The lowest BCUT2D eigenvalue weighted by molar-refractivity contribution is -0.150. The lowest BCUT2D eigenvalue weighted by Crippen LogP contribution is -2.59. The van der Waals surface area contributed by atoms with Crippen molar-refractivity contribution in [2.75, 3.05) is 13.1 Å². The number of carbonyl (C=O) groups is 4. The fraction of sp³-hybridized carbons (Fsp3) is 0.875.